The molecule has 0 radical (unpaired) electrons. The number of aryl methyl sites for hydroxylation is 1. The zero-order chi connectivity index (χ0) is 10.1. The fourth-order valence-electron chi connectivity index (χ4n) is 1.66. The van der Waals surface area contributed by atoms with Gasteiger partial charge >= 0.3 is 0 Å². The predicted octanol–water partition coefficient (Wildman–Crippen LogP) is 1.09. The zero-order valence-corrected chi connectivity index (χ0v) is 8.10. The average Bonchev–Trinajstić information content (AvgIpc) is 2.47. The first-order valence-electron chi connectivity index (χ1n) is 4.72. The molecule has 2 rings (SSSR count). The van der Waals surface area contributed by atoms with Crippen molar-refractivity contribution in [1.82, 2.24) is 0 Å². The average molecular weight is 191 g/mol. The summed E-state index contributed by atoms with van der Waals surface area (Å²) in [7, 11) is 0. The molecule has 1 heterocycles. The Kier molecular flexibility index (Phi) is 2.25. The van der Waals surface area contributed by atoms with E-state index in [-0.39, 0.29) is 12.3 Å². The molecule has 1 fully saturated rings. The van der Waals surface area contributed by atoms with E-state index in [1.807, 2.05) is 31.2 Å². The topological polar surface area (TPSA) is 40.5 Å². The molecular weight excluding hydrogens is 178 g/mol. The van der Waals surface area contributed by atoms with Gasteiger partial charge in [-0.2, -0.15) is 0 Å². The number of aliphatic hydroxyl groups is 1. The molecule has 0 aromatic heterocycles. The monoisotopic (exact) mass is 191 g/mol. The smallest absolute Gasteiger partial charge is 0.229 e. The highest BCUT2D eigenvalue weighted by Gasteiger charge is 2.28. The van der Waals surface area contributed by atoms with Gasteiger partial charge in [0.25, 0.3) is 0 Å². The Bertz CT molecular complexity index is 345. The molecule has 1 N–H and O–H groups in total. The van der Waals surface area contributed by atoms with Crippen LogP contribution in [0.1, 0.15) is 12.0 Å². The second-order valence-electron chi connectivity index (χ2n) is 3.70. The quantitative estimate of drug-likeness (QED) is 0.722. The molecule has 3 heteroatoms. The molecule has 3 nitrogen and oxygen atoms in total. The number of hydrogen-bond acceptors (Lipinski definition) is 2. The maximum Gasteiger partial charge on any atom is 0.229 e. The van der Waals surface area contributed by atoms with E-state index >= 15 is 0 Å². The lowest BCUT2D eigenvalue weighted by atomic mass is 10.2. The standard InChI is InChI=1S/C11H13NO2/c1-8-2-4-9(5-3-8)12-7-10(13)6-11(12)14/h2-5,10,13H,6-7H2,1H3. The van der Waals surface area contributed by atoms with E-state index in [2.05, 4.69) is 0 Å². The molecule has 0 saturated carbocycles. The van der Waals surface area contributed by atoms with Crippen LogP contribution < -0.4 is 4.90 Å². The van der Waals surface area contributed by atoms with E-state index in [9.17, 15) is 9.90 Å². The van der Waals surface area contributed by atoms with Crippen LogP contribution in [0.3, 0.4) is 0 Å². The van der Waals surface area contributed by atoms with Gasteiger partial charge in [0.2, 0.25) is 5.91 Å². The summed E-state index contributed by atoms with van der Waals surface area (Å²) in [6, 6.07) is 7.75. The molecule has 1 aliphatic rings. The Morgan fingerprint density at radius 3 is 2.50 bits per heavy atom. The molecule has 1 aromatic carbocycles. The van der Waals surface area contributed by atoms with E-state index in [1.165, 1.54) is 5.56 Å². The molecule has 1 saturated heterocycles. The Morgan fingerprint density at radius 1 is 1.36 bits per heavy atom. The van der Waals surface area contributed by atoms with Gasteiger partial charge in [0, 0.05) is 5.69 Å². The van der Waals surface area contributed by atoms with Crippen molar-refractivity contribution in [3.05, 3.63) is 29.8 Å². The van der Waals surface area contributed by atoms with Crippen molar-refractivity contribution in [2.75, 3.05) is 11.4 Å². The molecule has 1 unspecified atom stereocenters. The first kappa shape index (κ1) is 9.21. The zero-order valence-electron chi connectivity index (χ0n) is 8.10. The van der Waals surface area contributed by atoms with Crippen LogP contribution in [0.25, 0.3) is 0 Å². The minimum Gasteiger partial charge on any atom is -0.391 e. The summed E-state index contributed by atoms with van der Waals surface area (Å²) in [4.78, 5) is 13.1. The summed E-state index contributed by atoms with van der Waals surface area (Å²) in [5, 5.41) is 9.32. The molecule has 1 aromatic rings. The summed E-state index contributed by atoms with van der Waals surface area (Å²) < 4.78 is 0. The Balaban J connectivity index is 2.23. The highest BCUT2D eigenvalue weighted by atomic mass is 16.3. The van der Waals surface area contributed by atoms with Crippen LogP contribution in [0.5, 0.6) is 0 Å². The lowest BCUT2D eigenvalue weighted by Gasteiger charge is -2.15. The number of amides is 1. The van der Waals surface area contributed by atoms with Crippen molar-refractivity contribution in [2.24, 2.45) is 0 Å². The van der Waals surface area contributed by atoms with E-state index < -0.39 is 6.10 Å². The molecule has 1 aliphatic heterocycles. The van der Waals surface area contributed by atoms with Gasteiger partial charge in [-0.05, 0) is 19.1 Å². The van der Waals surface area contributed by atoms with Crippen molar-refractivity contribution in [3.8, 4) is 0 Å². The Labute approximate surface area is 83.0 Å². The molecule has 74 valence electrons. The van der Waals surface area contributed by atoms with Crippen LogP contribution in [0.4, 0.5) is 5.69 Å². The summed E-state index contributed by atoms with van der Waals surface area (Å²) in [6.07, 6.45) is -0.266. The number of nitrogens with zero attached hydrogens (tertiary/aromatic N) is 1. The van der Waals surface area contributed by atoms with Crippen LogP contribution >= 0.6 is 0 Å². The third-order valence-electron chi connectivity index (χ3n) is 2.45. The molecule has 14 heavy (non-hydrogen) atoms. The molecule has 0 bridgehead atoms. The van der Waals surface area contributed by atoms with Gasteiger partial charge in [-0.3, -0.25) is 4.79 Å². The predicted molar refractivity (Wildman–Crippen MR) is 54.2 cm³/mol. The van der Waals surface area contributed by atoms with Crippen LogP contribution in [0, 0.1) is 6.92 Å². The highest BCUT2D eigenvalue weighted by Crippen LogP contribution is 2.21. The van der Waals surface area contributed by atoms with Crippen molar-refractivity contribution < 1.29 is 9.90 Å². The summed E-state index contributed by atoms with van der Waals surface area (Å²) in [6.45, 7) is 2.42. The van der Waals surface area contributed by atoms with Gasteiger partial charge in [0.1, 0.15) is 0 Å². The number of carbonyl (C=O) groups excluding carboxylic acids is 1. The number of carbonyl (C=O) groups is 1. The maximum atomic E-state index is 11.4. The molecule has 1 amide bonds. The number of hydrogen-bond donors (Lipinski definition) is 1. The minimum absolute atomic E-state index is 0.00125. The third-order valence-corrected chi connectivity index (χ3v) is 2.45. The van der Waals surface area contributed by atoms with Gasteiger partial charge in [0.15, 0.2) is 0 Å². The van der Waals surface area contributed by atoms with E-state index in [1.54, 1.807) is 4.90 Å². The van der Waals surface area contributed by atoms with Gasteiger partial charge in [-0.25, -0.2) is 0 Å². The first-order valence-corrected chi connectivity index (χ1v) is 4.72. The lowest BCUT2D eigenvalue weighted by molar-refractivity contribution is -0.117. The van der Waals surface area contributed by atoms with E-state index in [4.69, 9.17) is 0 Å². The largest absolute Gasteiger partial charge is 0.391 e. The molecular formula is C11H13NO2. The Morgan fingerprint density at radius 2 is 2.00 bits per heavy atom. The number of benzene rings is 1. The fourth-order valence-corrected chi connectivity index (χ4v) is 1.66. The first-order chi connectivity index (χ1) is 6.66. The summed E-state index contributed by atoms with van der Waals surface area (Å²) in [5.74, 6) is 0.00125. The van der Waals surface area contributed by atoms with Crippen molar-refractivity contribution in [1.29, 1.82) is 0 Å². The van der Waals surface area contributed by atoms with Crippen LogP contribution in [-0.2, 0) is 4.79 Å². The molecule has 0 aliphatic carbocycles. The number of β-amino-alcohol motifs (C(OH)–C–C–N with tert-alkyl or cyclic N) is 1. The van der Waals surface area contributed by atoms with E-state index in [0.717, 1.165) is 5.69 Å². The summed E-state index contributed by atoms with van der Waals surface area (Å²) >= 11 is 0. The minimum atomic E-state index is -0.510. The van der Waals surface area contributed by atoms with Gasteiger partial charge in [-0.1, -0.05) is 17.7 Å². The third kappa shape index (κ3) is 1.63. The second kappa shape index (κ2) is 3.42. The SMILES string of the molecule is Cc1ccc(N2CC(O)CC2=O)cc1. The fraction of sp³-hybridized carbons (Fsp3) is 0.364. The molecule has 0 spiro atoms. The number of anilines is 1. The van der Waals surface area contributed by atoms with Crippen LogP contribution in [0.15, 0.2) is 24.3 Å². The van der Waals surface area contributed by atoms with Crippen molar-refractivity contribution in [2.45, 2.75) is 19.4 Å². The Hall–Kier alpha value is -1.35. The number of aliphatic hydroxyl groups excluding tert-OH is 1. The van der Waals surface area contributed by atoms with Gasteiger partial charge in [-0.15, -0.1) is 0 Å². The number of rotatable bonds is 1. The van der Waals surface area contributed by atoms with Crippen LogP contribution in [0.2, 0.25) is 0 Å². The van der Waals surface area contributed by atoms with Gasteiger partial charge in [0.05, 0.1) is 19.1 Å². The summed E-state index contributed by atoms with van der Waals surface area (Å²) in [5.41, 5.74) is 2.04. The van der Waals surface area contributed by atoms with E-state index in [0.29, 0.717) is 6.54 Å². The normalized spacial score (nSPS) is 21.7. The van der Waals surface area contributed by atoms with Gasteiger partial charge < -0.3 is 10.0 Å². The van der Waals surface area contributed by atoms with Crippen molar-refractivity contribution in [3.63, 3.8) is 0 Å². The molecule has 1 atom stereocenters. The van der Waals surface area contributed by atoms with Crippen molar-refractivity contribution >= 4 is 11.6 Å². The lowest BCUT2D eigenvalue weighted by Crippen LogP contribution is -2.25. The highest BCUT2D eigenvalue weighted by molar-refractivity contribution is 5.96. The van der Waals surface area contributed by atoms with Crippen LogP contribution in [-0.4, -0.2) is 23.7 Å². The maximum absolute atomic E-state index is 11.4. The second-order valence-corrected chi connectivity index (χ2v) is 3.70.